The standard InChI is InChI=1S/C20H19ClN4O2S/c21-14-7-5-13(6-8-14)12-27-17-4-2-1-3-16(17)19(26)22-11-18-23-24-20(28)25(18)15-9-10-15/h1-8,15H,9-12H2,(H,22,26)(H,24,28). The highest BCUT2D eigenvalue weighted by atomic mass is 35.5. The number of carbonyl (C=O) groups excluding carboxylic acids is 1. The van der Waals surface area contributed by atoms with E-state index in [4.69, 9.17) is 28.6 Å². The number of carbonyl (C=O) groups is 1. The largest absolute Gasteiger partial charge is 0.488 e. The van der Waals surface area contributed by atoms with E-state index in [1.165, 1.54) is 0 Å². The van der Waals surface area contributed by atoms with Gasteiger partial charge in [0.2, 0.25) is 0 Å². The monoisotopic (exact) mass is 414 g/mol. The summed E-state index contributed by atoms with van der Waals surface area (Å²) in [5.74, 6) is 1.04. The summed E-state index contributed by atoms with van der Waals surface area (Å²) < 4.78 is 8.45. The van der Waals surface area contributed by atoms with Gasteiger partial charge in [-0.05, 0) is 54.9 Å². The Labute approximate surface area is 172 Å². The van der Waals surface area contributed by atoms with Gasteiger partial charge in [-0.15, -0.1) is 0 Å². The van der Waals surface area contributed by atoms with Gasteiger partial charge in [0, 0.05) is 11.1 Å². The molecule has 0 unspecified atom stereocenters. The number of ether oxygens (including phenoxy) is 1. The van der Waals surface area contributed by atoms with E-state index in [1.54, 1.807) is 12.1 Å². The molecule has 8 heteroatoms. The van der Waals surface area contributed by atoms with Gasteiger partial charge in [0.1, 0.15) is 12.4 Å². The summed E-state index contributed by atoms with van der Waals surface area (Å²) >= 11 is 11.2. The third-order valence-corrected chi connectivity index (χ3v) is 5.08. The summed E-state index contributed by atoms with van der Waals surface area (Å²) in [5.41, 5.74) is 1.45. The summed E-state index contributed by atoms with van der Waals surface area (Å²) in [6.45, 7) is 0.649. The first-order valence-electron chi connectivity index (χ1n) is 9.02. The smallest absolute Gasteiger partial charge is 0.255 e. The van der Waals surface area contributed by atoms with E-state index in [1.807, 2.05) is 41.0 Å². The molecule has 1 aliphatic rings. The maximum Gasteiger partial charge on any atom is 0.255 e. The molecule has 0 aliphatic heterocycles. The van der Waals surface area contributed by atoms with Crippen molar-refractivity contribution in [3.8, 4) is 5.75 Å². The minimum atomic E-state index is -0.219. The number of amides is 1. The van der Waals surface area contributed by atoms with Crippen LogP contribution in [0.2, 0.25) is 5.02 Å². The fourth-order valence-electron chi connectivity index (χ4n) is 2.95. The van der Waals surface area contributed by atoms with Crippen molar-refractivity contribution in [1.29, 1.82) is 0 Å². The molecule has 28 heavy (non-hydrogen) atoms. The minimum absolute atomic E-state index is 0.219. The van der Waals surface area contributed by atoms with Crippen molar-refractivity contribution in [3.05, 3.63) is 75.3 Å². The Balaban J connectivity index is 1.43. The van der Waals surface area contributed by atoms with Gasteiger partial charge in [-0.1, -0.05) is 35.9 Å². The normalized spacial score (nSPS) is 13.3. The number of benzene rings is 2. The summed E-state index contributed by atoms with van der Waals surface area (Å²) in [5, 5.41) is 10.6. The molecule has 1 saturated carbocycles. The van der Waals surface area contributed by atoms with Crippen LogP contribution < -0.4 is 10.1 Å². The average molecular weight is 415 g/mol. The van der Waals surface area contributed by atoms with E-state index < -0.39 is 0 Å². The number of hydrogen-bond acceptors (Lipinski definition) is 4. The Morgan fingerprint density at radius 2 is 2.00 bits per heavy atom. The third kappa shape index (κ3) is 4.26. The second-order valence-corrected chi connectivity index (χ2v) is 7.46. The van der Waals surface area contributed by atoms with Crippen LogP contribution in [0, 0.1) is 4.77 Å². The molecule has 1 heterocycles. The summed E-state index contributed by atoms with van der Waals surface area (Å²) in [4.78, 5) is 12.7. The number of rotatable bonds is 7. The number of aromatic amines is 1. The van der Waals surface area contributed by atoms with E-state index in [9.17, 15) is 4.79 Å². The maximum atomic E-state index is 12.7. The highest BCUT2D eigenvalue weighted by Crippen LogP contribution is 2.35. The number of aromatic nitrogens is 3. The molecule has 0 atom stereocenters. The minimum Gasteiger partial charge on any atom is -0.488 e. The number of halogens is 1. The van der Waals surface area contributed by atoms with E-state index in [0.717, 1.165) is 24.2 Å². The Kier molecular flexibility index (Phi) is 5.45. The molecule has 0 bridgehead atoms. The molecule has 3 aromatic rings. The van der Waals surface area contributed by atoms with Crippen LogP contribution in [0.5, 0.6) is 5.75 Å². The molecule has 1 amide bonds. The number of nitrogens with one attached hydrogen (secondary N) is 2. The Morgan fingerprint density at radius 1 is 1.25 bits per heavy atom. The molecule has 1 aromatic heterocycles. The predicted molar refractivity (Wildman–Crippen MR) is 109 cm³/mol. The van der Waals surface area contributed by atoms with Crippen LogP contribution in [0.1, 0.15) is 40.6 Å². The molecular formula is C20H19ClN4O2S. The molecule has 1 aliphatic carbocycles. The van der Waals surface area contributed by atoms with Gasteiger partial charge in [-0.25, -0.2) is 0 Å². The second kappa shape index (κ2) is 8.16. The van der Waals surface area contributed by atoms with Crippen molar-refractivity contribution in [2.75, 3.05) is 0 Å². The van der Waals surface area contributed by atoms with Crippen LogP contribution in [0.4, 0.5) is 0 Å². The Bertz CT molecular complexity index is 1040. The molecule has 0 spiro atoms. The van der Waals surface area contributed by atoms with Gasteiger partial charge in [-0.3, -0.25) is 14.5 Å². The van der Waals surface area contributed by atoms with Gasteiger partial charge in [0.25, 0.3) is 5.91 Å². The highest BCUT2D eigenvalue weighted by molar-refractivity contribution is 7.71. The lowest BCUT2D eigenvalue weighted by Gasteiger charge is -2.12. The van der Waals surface area contributed by atoms with Crippen molar-refractivity contribution in [1.82, 2.24) is 20.1 Å². The number of hydrogen-bond donors (Lipinski definition) is 2. The number of para-hydroxylation sites is 1. The molecule has 1 fully saturated rings. The molecule has 0 saturated heterocycles. The van der Waals surface area contributed by atoms with Crippen LogP contribution in [-0.4, -0.2) is 20.7 Å². The predicted octanol–water partition coefficient (Wildman–Crippen LogP) is 4.44. The quantitative estimate of drug-likeness (QED) is 0.561. The van der Waals surface area contributed by atoms with Crippen LogP contribution >= 0.6 is 23.8 Å². The zero-order valence-corrected chi connectivity index (χ0v) is 16.6. The van der Waals surface area contributed by atoms with E-state index in [-0.39, 0.29) is 5.91 Å². The van der Waals surface area contributed by atoms with Crippen molar-refractivity contribution < 1.29 is 9.53 Å². The van der Waals surface area contributed by atoms with Crippen molar-refractivity contribution in [2.24, 2.45) is 0 Å². The van der Waals surface area contributed by atoms with Crippen molar-refractivity contribution in [3.63, 3.8) is 0 Å². The molecule has 4 rings (SSSR count). The fraction of sp³-hybridized carbons (Fsp3) is 0.250. The van der Waals surface area contributed by atoms with Crippen LogP contribution in [0.25, 0.3) is 0 Å². The van der Waals surface area contributed by atoms with Crippen LogP contribution in [-0.2, 0) is 13.2 Å². The van der Waals surface area contributed by atoms with Crippen molar-refractivity contribution in [2.45, 2.75) is 32.0 Å². The lowest BCUT2D eigenvalue weighted by Crippen LogP contribution is -2.25. The molecule has 6 nitrogen and oxygen atoms in total. The van der Waals surface area contributed by atoms with Gasteiger partial charge in [0.05, 0.1) is 12.1 Å². The first kappa shape index (κ1) is 18.7. The molecule has 0 radical (unpaired) electrons. The Hall–Kier alpha value is -2.64. The SMILES string of the molecule is O=C(NCc1n[nH]c(=S)n1C1CC1)c1ccccc1OCc1ccc(Cl)cc1. The fourth-order valence-corrected chi connectivity index (χ4v) is 3.37. The molecule has 2 aromatic carbocycles. The first-order chi connectivity index (χ1) is 13.6. The zero-order valence-electron chi connectivity index (χ0n) is 15.0. The maximum absolute atomic E-state index is 12.7. The van der Waals surface area contributed by atoms with Gasteiger partial charge >= 0.3 is 0 Å². The van der Waals surface area contributed by atoms with Crippen LogP contribution in [0.15, 0.2) is 48.5 Å². The lowest BCUT2D eigenvalue weighted by molar-refractivity contribution is 0.0945. The first-order valence-corrected chi connectivity index (χ1v) is 9.80. The second-order valence-electron chi connectivity index (χ2n) is 6.64. The zero-order chi connectivity index (χ0) is 19.5. The van der Waals surface area contributed by atoms with Gasteiger partial charge < -0.3 is 10.1 Å². The Morgan fingerprint density at radius 3 is 2.75 bits per heavy atom. The summed E-state index contributed by atoms with van der Waals surface area (Å²) in [7, 11) is 0. The molecule has 2 N–H and O–H groups in total. The summed E-state index contributed by atoms with van der Waals surface area (Å²) in [6, 6.07) is 15.0. The molecular weight excluding hydrogens is 396 g/mol. The van der Waals surface area contributed by atoms with Crippen molar-refractivity contribution >= 4 is 29.7 Å². The van der Waals surface area contributed by atoms with E-state index >= 15 is 0 Å². The number of H-pyrrole nitrogens is 1. The topological polar surface area (TPSA) is 71.9 Å². The van der Waals surface area contributed by atoms with E-state index in [2.05, 4.69) is 15.5 Å². The van der Waals surface area contributed by atoms with Gasteiger partial charge in [0.15, 0.2) is 10.6 Å². The number of nitrogens with zero attached hydrogens (tertiary/aromatic N) is 2. The average Bonchev–Trinajstić information content (AvgIpc) is 3.48. The third-order valence-electron chi connectivity index (χ3n) is 4.54. The van der Waals surface area contributed by atoms with Gasteiger partial charge in [-0.2, -0.15) is 5.10 Å². The van der Waals surface area contributed by atoms with E-state index in [0.29, 0.717) is 40.3 Å². The lowest BCUT2D eigenvalue weighted by atomic mass is 10.2. The summed E-state index contributed by atoms with van der Waals surface area (Å²) in [6.07, 6.45) is 2.19. The highest BCUT2D eigenvalue weighted by Gasteiger charge is 2.27. The van der Waals surface area contributed by atoms with Crippen LogP contribution in [0.3, 0.4) is 0 Å². The molecule has 144 valence electrons.